The highest BCUT2D eigenvalue weighted by atomic mass is 16.5. The maximum absolute atomic E-state index is 12.1. The van der Waals surface area contributed by atoms with Crippen LogP contribution in [-0.4, -0.2) is 27.6 Å². The summed E-state index contributed by atoms with van der Waals surface area (Å²) in [4.78, 5) is 20.7. The Balaban J connectivity index is 1.98. The van der Waals surface area contributed by atoms with Crippen molar-refractivity contribution in [3.63, 3.8) is 0 Å². The molecule has 3 heterocycles. The number of aryl methyl sites for hydroxylation is 1. The number of hydrogen-bond acceptors (Lipinski definition) is 5. The molecule has 6 heteroatoms. The third-order valence-corrected chi connectivity index (χ3v) is 4.06. The summed E-state index contributed by atoms with van der Waals surface area (Å²) in [5, 5.41) is 6.92. The average Bonchev–Trinajstić information content (AvgIpc) is 3.00. The standard InChI is InChI=1S/C15H18N4O2/c1-3-10-9-16-8-5-11(10)12-18-14(21-19-12)15(2)6-4-7-17-13(15)20/h5,8-9H,3-4,6-7H2,1-2H3,(H,17,20). The van der Waals surface area contributed by atoms with E-state index in [1.807, 2.05) is 13.0 Å². The molecule has 1 fully saturated rings. The molecule has 1 aliphatic heterocycles. The number of pyridine rings is 1. The van der Waals surface area contributed by atoms with Gasteiger partial charge in [-0.1, -0.05) is 12.1 Å². The van der Waals surface area contributed by atoms with Gasteiger partial charge in [0.2, 0.25) is 17.6 Å². The van der Waals surface area contributed by atoms with Gasteiger partial charge in [0.05, 0.1) is 0 Å². The molecule has 1 amide bonds. The lowest BCUT2D eigenvalue weighted by Gasteiger charge is -2.28. The van der Waals surface area contributed by atoms with E-state index < -0.39 is 5.41 Å². The minimum absolute atomic E-state index is 0.0469. The van der Waals surface area contributed by atoms with Crippen molar-refractivity contribution in [1.82, 2.24) is 20.4 Å². The number of hydrogen-bond donors (Lipinski definition) is 1. The zero-order chi connectivity index (χ0) is 14.9. The van der Waals surface area contributed by atoms with Crippen LogP contribution in [0.2, 0.25) is 0 Å². The second-order valence-electron chi connectivity index (χ2n) is 5.50. The van der Waals surface area contributed by atoms with Crippen LogP contribution in [0.5, 0.6) is 0 Å². The molecule has 0 radical (unpaired) electrons. The van der Waals surface area contributed by atoms with Crippen molar-refractivity contribution in [3.8, 4) is 11.4 Å². The van der Waals surface area contributed by atoms with Crippen molar-refractivity contribution < 1.29 is 9.32 Å². The van der Waals surface area contributed by atoms with Gasteiger partial charge in [-0.05, 0) is 37.8 Å². The van der Waals surface area contributed by atoms with Crippen LogP contribution < -0.4 is 5.32 Å². The summed E-state index contributed by atoms with van der Waals surface area (Å²) < 4.78 is 5.39. The number of nitrogens with zero attached hydrogens (tertiary/aromatic N) is 3. The SMILES string of the molecule is CCc1cnccc1-c1noc(C2(C)CCCNC2=O)n1. The molecule has 0 spiro atoms. The zero-order valence-corrected chi connectivity index (χ0v) is 12.2. The van der Waals surface area contributed by atoms with Crippen LogP contribution in [0.3, 0.4) is 0 Å². The Kier molecular flexibility index (Phi) is 3.45. The van der Waals surface area contributed by atoms with Gasteiger partial charge in [-0.2, -0.15) is 4.98 Å². The molecule has 110 valence electrons. The molecule has 1 atom stereocenters. The van der Waals surface area contributed by atoms with Crippen LogP contribution in [0, 0.1) is 0 Å². The Morgan fingerprint density at radius 3 is 3.10 bits per heavy atom. The van der Waals surface area contributed by atoms with E-state index in [0.29, 0.717) is 18.3 Å². The summed E-state index contributed by atoms with van der Waals surface area (Å²) in [7, 11) is 0. The first-order chi connectivity index (χ1) is 10.1. The largest absolute Gasteiger partial charge is 0.355 e. The van der Waals surface area contributed by atoms with Crippen LogP contribution in [0.25, 0.3) is 11.4 Å². The zero-order valence-electron chi connectivity index (χ0n) is 12.2. The van der Waals surface area contributed by atoms with Crippen molar-refractivity contribution in [1.29, 1.82) is 0 Å². The quantitative estimate of drug-likeness (QED) is 0.931. The van der Waals surface area contributed by atoms with E-state index >= 15 is 0 Å². The molecule has 1 unspecified atom stereocenters. The van der Waals surface area contributed by atoms with Gasteiger partial charge in [-0.15, -0.1) is 0 Å². The van der Waals surface area contributed by atoms with Crippen LogP contribution >= 0.6 is 0 Å². The minimum Gasteiger partial charge on any atom is -0.355 e. The van der Waals surface area contributed by atoms with Crippen molar-refractivity contribution in [3.05, 3.63) is 29.9 Å². The number of rotatable bonds is 3. The van der Waals surface area contributed by atoms with Gasteiger partial charge in [-0.3, -0.25) is 9.78 Å². The fourth-order valence-electron chi connectivity index (χ4n) is 2.64. The summed E-state index contributed by atoms with van der Waals surface area (Å²) in [6.45, 7) is 4.61. The number of amides is 1. The third-order valence-electron chi connectivity index (χ3n) is 4.06. The van der Waals surface area contributed by atoms with E-state index in [1.165, 1.54) is 0 Å². The minimum atomic E-state index is -0.733. The maximum Gasteiger partial charge on any atom is 0.242 e. The normalized spacial score (nSPS) is 22.1. The molecule has 1 aliphatic rings. The van der Waals surface area contributed by atoms with Gasteiger partial charge in [0.15, 0.2) is 0 Å². The summed E-state index contributed by atoms with van der Waals surface area (Å²) >= 11 is 0. The number of carbonyl (C=O) groups excluding carboxylic acids is 1. The molecule has 3 rings (SSSR count). The Labute approximate surface area is 123 Å². The van der Waals surface area contributed by atoms with E-state index in [2.05, 4.69) is 27.4 Å². The summed E-state index contributed by atoms with van der Waals surface area (Å²) in [6.07, 6.45) is 5.98. The second kappa shape index (κ2) is 5.27. The van der Waals surface area contributed by atoms with Crippen LogP contribution in [-0.2, 0) is 16.6 Å². The molecule has 1 N–H and O–H groups in total. The lowest BCUT2D eigenvalue weighted by Crippen LogP contribution is -2.47. The average molecular weight is 286 g/mol. The van der Waals surface area contributed by atoms with E-state index in [0.717, 1.165) is 30.4 Å². The van der Waals surface area contributed by atoms with E-state index in [9.17, 15) is 4.79 Å². The first-order valence-electron chi connectivity index (χ1n) is 7.21. The monoisotopic (exact) mass is 286 g/mol. The Morgan fingerprint density at radius 2 is 2.33 bits per heavy atom. The number of piperidine rings is 1. The Hall–Kier alpha value is -2.24. The fourth-order valence-corrected chi connectivity index (χ4v) is 2.64. The highest BCUT2D eigenvalue weighted by Gasteiger charge is 2.42. The van der Waals surface area contributed by atoms with Crippen molar-refractivity contribution in [2.45, 2.75) is 38.5 Å². The molecule has 0 aliphatic carbocycles. The number of nitrogens with one attached hydrogen (secondary N) is 1. The highest BCUT2D eigenvalue weighted by molar-refractivity contribution is 5.87. The molecule has 6 nitrogen and oxygen atoms in total. The number of aromatic nitrogens is 3. The van der Waals surface area contributed by atoms with Crippen molar-refractivity contribution >= 4 is 5.91 Å². The van der Waals surface area contributed by atoms with Gasteiger partial charge in [-0.25, -0.2) is 0 Å². The maximum atomic E-state index is 12.1. The van der Waals surface area contributed by atoms with Crippen LogP contribution in [0.15, 0.2) is 23.0 Å². The van der Waals surface area contributed by atoms with E-state index in [4.69, 9.17) is 4.52 Å². The topological polar surface area (TPSA) is 80.9 Å². The molecule has 1 saturated heterocycles. The predicted octanol–water partition coefficient (Wildman–Crippen LogP) is 1.86. The van der Waals surface area contributed by atoms with Gasteiger partial charge < -0.3 is 9.84 Å². The van der Waals surface area contributed by atoms with Crippen molar-refractivity contribution in [2.75, 3.05) is 6.54 Å². The third kappa shape index (κ3) is 2.30. The molecule has 21 heavy (non-hydrogen) atoms. The lowest BCUT2D eigenvalue weighted by molar-refractivity contribution is -0.128. The lowest BCUT2D eigenvalue weighted by atomic mass is 9.82. The van der Waals surface area contributed by atoms with Gasteiger partial charge >= 0.3 is 0 Å². The second-order valence-corrected chi connectivity index (χ2v) is 5.50. The molecule has 0 aromatic carbocycles. The van der Waals surface area contributed by atoms with Gasteiger partial charge in [0.25, 0.3) is 0 Å². The fraction of sp³-hybridized carbons (Fsp3) is 0.467. The first-order valence-corrected chi connectivity index (χ1v) is 7.21. The van der Waals surface area contributed by atoms with Gasteiger partial charge in [0, 0.05) is 24.5 Å². The first kappa shape index (κ1) is 13.7. The van der Waals surface area contributed by atoms with Crippen LogP contribution in [0.1, 0.15) is 38.1 Å². The van der Waals surface area contributed by atoms with Crippen LogP contribution in [0.4, 0.5) is 0 Å². The molecule has 2 aromatic rings. The molecular weight excluding hydrogens is 268 g/mol. The predicted molar refractivity (Wildman–Crippen MR) is 76.5 cm³/mol. The molecule has 0 saturated carbocycles. The smallest absolute Gasteiger partial charge is 0.242 e. The Bertz CT molecular complexity index is 667. The Morgan fingerprint density at radius 1 is 1.48 bits per heavy atom. The summed E-state index contributed by atoms with van der Waals surface area (Å²) in [6, 6.07) is 1.87. The van der Waals surface area contributed by atoms with Crippen molar-refractivity contribution in [2.24, 2.45) is 0 Å². The molecular formula is C15H18N4O2. The summed E-state index contributed by atoms with van der Waals surface area (Å²) in [5.74, 6) is 0.854. The highest BCUT2D eigenvalue weighted by Crippen LogP contribution is 2.32. The van der Waals surface area contributed by atoms with E-state index in [-0.39, 0.29) is 5.91 Å². The molecule has 2 aromatic heterocycles. The number of carbonyl (C=O) groups is 1. The van der Waals surface area contributed by atoms with E-state index in [1.54, 1.807) is 12.4 Å². The van der Waals surface area contributed by atoms with Gasteiger partial charge in [0.1, 0.15) is 5.41 Å². The summed E-state index contributed by atoms with van der Waals surface area (Å²) in [5.41, 5.74) is 1.23. The molecule has 0 bridgehead atoms.